The predicted octanol–water partition coefficient (Wildman–Crippen LogP) is 4.08. The van der Waals surface area contributed by atoms with Gasteiger partial charge < -0.3 is 0 Å². The van der Waals surface area contributed by atoms with Crippen molar-refractivity contribution in [2.45, 2.75) is 65.1 Å². The molecular formula is C20H32N2. The molecule has 0 bridgehead atoms. The maximum Gasteiger partial charge on any atom is 0.0252 e. The van der Waals surface area contributed by atoms with Gasteiger partial charge in [-0.3, -0.25) is 9.80 Å². The maximum absolute atomic E-state index is 2.78. The number of benzene rings is 1. The molecule has 22 heavy (non-hydrogen) atoms. The Labute approximate surface area is 136 Å². The quantitative estimate of drug-likeness (QED) is 0.808. The summed E-state index contributed by atoms with van der Waals surface area (Å²) in [4.78, 5) is 5.53. The minimum absolute atomic E-state index is 0.723. The zero-order valence-electron chi connectivity index (χ0n) is 14.6. The third kappa shape index (κ3) is 3.55. The van der Waals surface area contributed by atoms with Gasteiger partial charge in [0, 0.05) is 38.3 Å². The van der Waals surface area contributed by atoms with E-state index in [9.17, 15) is 0 Å². The van der Waals surface area contributed by atoms with Gasteiger partial charge >= 0.3 is 0 Å². The molecule has 0 spiro atoms. The van der Waals surface area contributed by atoms with Gasteiger partial charge in [-0.15, -0.1) is 0 Å². The van der Waals surface area contributed by atoms with E-state index in [2.05, 4.69) is 54.8 Å². The van der Waals surface area contributed by atoms with Crippen LogP contribution in [0.5, 0.6) is 0 Å². The SMILES string of the molecule is CCC(C)C1CN(C2CCC2)CCN1Cc1ccc(C)cc1. The molecule has 1 saturated heterocycles. The predicted molar refractivity (Wildman–Crippen MR) is 94.0 cm³/mol. The molecule has 0 aromatic heterocycles. The summed E-state index contributed by atoms with van der Waals surface area (Å²) < 4.78 is 0. The van der Waals surface area contributed by atoms with E-state index < -0.39 is 0 Å². The van der Waals surface area contributed by atoms with E-state index in [4.69, 9.17) is 0 Å². The number of nitrogens with zero attached hydrogens (tertiary/aromatic N) is 2. The fraction of sp³-hybridized carbons (Fsp3) is 0.700. The minimum atomic E-state index is 0.723. The molecule has 2 unspecified atom stereocenters. The van der Waals surface area contributed by atoms with Crippen molar-refractivity contribution in [3.8, 4) is 0 Å². The molecule has 1 aliphatic heterocycles. The summed E-state index contributed by atoms with van der Waals surface area (Å²) in [5.74, 6) is 0.785. The van der Waals surface area contributed by atoms with Crippen molar-refractivity contribution in [3.05, 3.63) is 35.4 Å². The van der Waals surface area contributed by atoms with Gasteiger partial charge in [-0.1, -0.05) is 56.5 Å². The fourth-order valence-electron chi connectivity index (χ4n) is 3.89. The van der Waals surface area contributed by atoms with E-state index in [0.717, 1.165) is 24.5 Å². The van der Waals surface area contributed by atoms with E-state index in [1.165, 1.54) is 56.4 Å². The fourth-order valence-corrected chi connectivity index (χ4v) is 3.89. The number of rotatable bonds is 5. The number of piperazine rings is 1. The molecule has 1 heterocycles. The van der Waals surface area contributed by atoms with Crippen molar-refractivity contribution in [2.24, 2.45) is 5.92 Å². The van der Waals surface area contributed by atoms with Crippen molar-refractivity contribution in [2.75, 3.05) is 19.6 Å². The molecule has 1 aromatic carbocycles. The second kappa shape index (κ2) is 7.14. The molecule has 2 atom stereocenters. The lowest BCUT2D eigenvalue weighted by molar-refractivity contribution is -0.000294. The van der Waals surface area contributed by atoms with Gasteiger partial charge in [0.15, 0.2) is 0 Å². The lowest BCUT2D eigenvalue weighted by atomic mass is 9.88. The second-order valence-corrected chi connectivity index (χ2v) is 7.49. The molecular weight excluding hydrogens is 268 g/mol. The molecule has 2 aliphatic rings. The molecule has 1 saturated carbocycles. The highest BCUT2D eigenvalue weighted by atomic mass is 15.3. The Balaban J connectivity index is 1.67. The number of hydrogen-bond donors (Lipinski definition) is 0. The highest BCUT2D eigenvalue weighted by Gasteiger charge is 2.34. The first-order valence-electron chi connectivity index (χ1n) is 9.21. The summed E-state index contributed by atoms with van der Waals surface area (Å²) >= 11 is 0. The normalized spacial score (nSPS) is 25.9. The molecule has 1 aliphatic carbocycles. The van der Waals surface area contributed by atoms with Crippen LogP contribution in [-0.4, -0.2) is 41.5 Å². The first kappa shape index (κ1) is 16.0. The van der Waals surface area contributed by atoms with Crippen molar-refractivity contribution >= 4 is 0 Å². The van der Waals surface area contributed by atoms with Crippen LogP contribution in [-0.2, 0) is 6.54 Å². The minimum Gasteiger partial charge on any atom is -0.298 e. The first-order chi connectivity index (χ1) is 10.7. The third-order valence-electron chi connectivity index (χ3n) is 5.96. The van der Waals surface area contributed by atoms with Crippen molar-refractivity contribution in [1.82, 2.24) is 9.80 Å². The average molecular weight is 300 g/mol. The van der Waals surface area contributed by atoms with E-state index in [-0.39, 0.29) is 0 Å². The van der Waals surface area contributed by atoms with Crippen LogP contribution in [0.2, 0.25) is 0 Å². The standard InChI is InChI=1S/C20H32N2/c1-4-17(3)20-15-21(19-6-5-7-19)12-13-22(20)14-18-10-8-16(2)9-11-18/h8-11,17,19-20H,4-7,12-15H2,1-3H3. The van der Waals surface area contributed by atoms with E-state index in [0.29, 0.717) is 0 Å². The van der Waals surface area contributed by atoms with E-state index in [1.807, 2.05) is 0 Å². The molecule has 0 radical (unpaired) electrons. The molecule has 2 nitrogen and oxygen atoms in total. The highest BCUT2D eigenvalue weighted by molar-refractivity contribution is 5.21. The summed E-state index contributed by atoms with van der Waals surface area (Å²) in [6.45, 7) is 11.9. The van der Waals surface area contributed by atoms with Gasteiger partial charge in [0.2, 0.25) is 0 Å². The molecule has 3 rings (SSSR count). The number of aryl methyl sites for hydroxylation is 1. The van der Waals surface area contributed by atoms with Crippen LogP contribution >= 0.6 is 0 Å². The lowest BCUT2D eigenvalue weighted by Gasteiger charge is -2.48. The molecule has 0 amide bonds. The van der Waals surface area contributed by atoms with Gasteiger partial charge in [0.1, 0.15) is 0 Å². The van der Waals surface area contributed by atoms with Crippen LogP contribution in [0.4, 0.5) is 0 Å². The summed E-state index contributed by atoms with van der Waals surface area (Å²) in [5.41, 5.74) is 2.83. The van der Waals surface area contributed by atoms with Gasteiger partial charge in [0.05, 0.1) is 0 Å². The first-order valence-corrected chi connectivity index (χ1v) is 9.21. The Bertz CT molecular complexity index is 463. The Morgan fingerprint density at radius 1 is 1.14 bits per heavy atom. The smallest absolute Gasteiger partial charge is 0.0252 e. The largest absolute Gasteiger partial charge is 0.298 e. The van der Waals surface area contributed by atoms with Gasteiger partial charge in [-0.2, -0.15) is 0 Å². The number of hydrogen-bond acceptors (Lipinski definition) is 2. The van der Waals surface area contributed by atoms with Crippen molar-refractivity contribution in [1.29, 1.82) is 0 Å². The average Bonchev–Trinajstić information content (AvgIpc) is 2.48. The van der Waals surface area contributed by atoms with Crippen molar-refractivity contribution < 1.29 is 0 Å². The summed E-state index contributed by atoms with van der Waals surface area (Å²) in [7, 11) is 0. The van der Waals surface area contributed by atoms with E-state index >= 15 is 0 Å². The molecule has 1 aromatic rings. The summed E-state index contributed by atoms with van der Waals surface area (Å²) in [6, 6.07) is 10.7. The third-order valence-corrected chi connectivity index (χ3v) is 5.96. The second-order valence-electron chi connectivity index (χ2n) is 7.49. The zero-order valence-corrected chi connectivity index (χ0v) is 14.6. The van der Waals surface area contributed by atoms with Gasteiger partial charge in [-0.25, -0.2) is 0 Å². The zero-order chi connectivity index (χ0) is 15.5. The monoisotopic (exact) mass is 300 g/mol. The Kier molecular flexibility index (Phi) is 5.20. The molecule has 2 heteroatoms. The molecule has 2 fully saturated rings. The van der Waals surface area contributed by atoms with E-state index in [1.54, 1.807) is 0 Å². The van der Waals surface area contributed by atoms with Crippen LogP contribution in [0.1, 0.15) is 50.7 Å². The van der Waals surface area contributed by atoms with Crippen LogP contribution in [0.3, 0.4) is 0 Å². The van der Waals surface area contributed by atoms with Gasteiger partial charge in [0.25, 0.3) is 0 Å². The Hall–Kier alpha value is -0.860. The Morgan fingerprint density at radius 3 is 2.45 bits per heavy atom. The Morgan fingerprint density at radius 2 is 1.86 bits per heavy atom. The van der Waals surface area contributed by atoms with Crippen LogP contribution < -0.4 is 0 Å². The van der Waals surface area contributed by atoms with Crippen molar-refractivity contribution in [3.63, 3.8) is 0 Å². The van der Waals surface area contributed by atoms with Crippen LogP contribution in [0, 0.1) is 12.8 Å². The summed E-state index contributed by atoms with van der Waals surface area (Å²) in [5, 5.41) is 0. The maximum atomic E-state index is 2.78. The molecule has 122 valence electrons. The van der Waals surface area contributed by atoms with Crippen LogP contribution in [0.15, 0.2) is 24.3 Å². The topological polar surface area (TPSA) is 6.48 Å². The van der Waals surface area contributed by atoms with Gasteiger partial charge in [-0.05, 0) is 31.2 Å². The summed E-state index contributed by atoms with van der Waals surface area (Å²) in [6.07, 6.45) is 5.60. The molecule has 0 N–H and O–H groups in total. The highest BCUT2D eigenvalue weighted by Crippen LogP contribution is 2.29. The lowest BCUT2D eigenvalue weighted by Crippen LogP contribution is -2.58. The van der Waals surface area contributed by atoms with Crippen LogP contribution in [0.25, 0.3) is 0 Å².